The van der Waals surface area contributed by atoms with Gasteiger partial charge in [-0.25, -0.2) is 0 Å². The van der Waals surface area contributed by atoms with E-state index < -0.39 is 11.0 Å². The third-order valence-corrected chi connectivity index (χ3v) is 4.34. The summed E-state index contributed by atoms with van der Waals surface area (Å²) < 4.78 is 5.85. The van der Waals surface area contributed by atoms with E-state index in [0.717, 1.165) is 31.2 Å². The summed E-state index contributed by atoms with van der Waals surface area (Å²) in [5, 5.41) is 11.1. The van der Waals surface area contributed by atoms with E-state index in [1.54, 1.807) is 0 Å². The number of nitrogens with zero attached hydrogens (tertiary/aromatic N) is 3. The van der Waals surface area contributed by atoms with Crippen molar-refractivity contribution in [2.24, 2.45) is 0 Å². The number of fused-ring (bicyclic) bond motifs is 1. The van der Waals surface area contributed by atoms with E-state index in [9.17, 15) is 14.9 Å². The highest BCUT2D eigenvalue weighted by atomic mass is 16.6. The van der Waals surface area contributed by atoms with Gasteiger partial charge in [-0.1, -0.05) is 56.5 Å². The van der Waals surface area contributed by atoms with E-state index in [0.29, 0.717) is 12.3 Å². The van der Waals surface area contributed by atoms with Crippen LogP contribution in [0.3, 0.4) is 0 Å². The van der Waals surface area contributed by atoms with Crippen molar-refractivity contribution in [2.75, 3.05) is 11.4 Å². The highest BCUT2D eigenvalue weighted by molar-refractivity contribution is 5.99. The number of nitro groups is 1. The van der Waals surface area contributed by atoms with E-state index >= 15 is 0 Å². The molecule has 1 aromatic heterocycles. The summed E-state index contributed by atoms with van der Waals surface area (Å²) in [5.74, 6) is 0.0810. The Morgan fingerprint density at radius 3 is 2.62 bits per heavy atom. The molecule has 0 N–H and O–H groups in total. The average Bonchev–Trinajstić information content (AvgIpc) is 2.66. The smallest absolute Gasteiger partial charge is 0.366 e. The molecule has 2 aromatic rings. The summed E-state index contributed by atoms with van der Waals surface area (Å²) in [6.07, 6.45) is 3.20. The minimum absolute atomic E-state index is 0.230. The molecule has 1 unspecified atom stereocenters. The normalized spacial score (nSPS) is 16.1. The molecule has 0 radical (unpaired) electrons. The molecule has 1 aromatic carbocycles. The number of hydrogen-bond donors (Lipinski definition) is 0. The minimum atomic E-state index is -0.766. The van der Waals surface area contributed by atoms with Gasteiger partial charge in [-0.15, -0.1) is 0 Å². The number of benzene rings is 1. The Morgan fingerprint density at radius 2 is 1.92 bits per heavy atom. The lowest BCUT2D eigenvalue weighted by atomic mass is 10.1. The van der Waals surface area contributed by atoms with Crippen molar-refractivity contribution in [1.29, 1.82) is 0 Å². The van der Waals surface area contributed by atoms with Crippen LogP contribution in [0.4, 0.5) is 11.6 Å². The summed E-state index contributed by atoms with van der Waals surface area (Å²) in [6, 6.07) is 12.1. The van der Waals surface area contributed by atoms with E-state index in [4.69, 9.17) is 4.74 Å². The minimum Gasteiger partial charge on any atom is -0.469 e. The average molecular weight is 355 g/mol. The van der Waals surface area contributed by atoms with Crippen LogP contribution in [0.1, 0.15) is 44.3 Å². The number of aromatic nitrogens is 1. The molecule has 0 saturated carbocycles. The molecule has 2 heterocycles. The standard InChI is InChI=1S/C19H21N3O4/c1-2-3-4-8-13-21-18-15(11-12-16(20-18)22(24)25)26-17(19(21)23)14-9-6-5-7-10-14/h5-7,9-12,17H,2-4,8,13H2,1H3. The first-order valence-corrected chi connectivity index (χ1v) is 8.80. The third kappa shape index (κ3) is 3.66. The molecule has 0 bridgehead atoms. The van der Waals surface area contributed by atoms with Crippen molar-refractivity contribution in [3.05, 3.63) is 58.1 Å². The Bertz CT molecular complexity index is 795. The fourth-order valence-electron chi connectivity index (χ4n) is 2.99. The van der Waals surface area contributed by atoms with E-state index in [1.165, 1.54) is 17.0 Å². The number of anilines is 1. The summed E-state index contributed by atoms with van der Waals surface area (Å²) in [7, 11) is 0. The number of hydrogen-bond acceptors (Lipinski definition) is 5. The zero-order chi connectivity index (χ0) is 18.5. The number of rotatable bonds is 7. The predicted octanol–water partition coefficient (Wildman–Crippen LogP) is 4.04. The Balaban J connectivity index is 1.94. The van der Waals surface area contributed by atoms with Crippen LogP contribution in [0.5, 0.6) is 5.75 Å². The van der Waals surface area contributed by atoms with Gasteiger partial charge in [0, 0.05) is 18.2 Å². The van der Waals surface area contributed by atoms with Gasteiger partial charge >= 0.3 is 5.82 Å². The van der Waals surface area contributed by atoms with Crippen molar-refractivity contribution in [1.82, 2.24) is 4.98 Å². The van der Waals surface area contributed by atoms with Crippen LogP contribution >= 0.6 is 0 Å². The van der Waals surface area contributed by atoms with Gasteiger partial charge in [0.15, 0.2) is 5.75 Å². The number of ether oxygens (including phenoxy) is 1. The SMILES string of the molecule is CCCCCCN1C(=O)C(c2ccccc2)Oc2ccc([N+](=O)[O-])nc21. The molecule has 0 fully saturated rings. The number of carbonyl (C=O) groups excluding carboxylic acids is 1. The Kier molecular flexibility index (Phi) is 5.46. The number of pyridine rings is 1. The van der Waals surface area contributed by atoms with E-state index in [-0.39, 0.29) is 17.5 Å². The van der Waals surface area contributed by atoms with Crippen molar-refractivity contribution >= 4 is 17.5 Å². The molecule has 136 valence electrons. The summed E-state index contributed by atoms with van der Waals surface area (Å²) >= 11 is 0. The second-order valence-corrected chi connectivity index (χ2v) is 6.21. The van der Waals surface area contributed by atoms with Crippen molar-refractivity contribution in [3.8, 4) is 5.75 Å². The molecule has 7 heteroatoms. The van der Waals surface area contributed by atoms with E-state index in [1.807, 2.05) is 30.3 Å². The fraction of sp³-hybridized carbons (Fsp3) is 0.368. The van der Waals surface area contributed by atoms with Crippen LogP contribution in [-0.4, -0.2) is 22.4 Å². The third-order valence-electron chi connectivity index (χ3n) is 4.34. The molecular weight excluding hydrogens is 334 g/mol. The Hall–Kier alpha value is -2.96. The van der Waals surface area contributed by atoms with Crippen LogP contribution < -0.4 is 9.64 Å². The number of amides is 1. The van der Waals surface area contributed by atoms with Gasteiger partial charge in [-0.3, -0.25) is 9.69 Å². The zero-order valence-corrected chi connectivity index (χ0v) is 14.6. The molecule has 0 saturated heterocycles. The molecule has 1 atom stereocenters. The molecule has 3 rings (SSSR count). The van der Waals surface area contributed by atoms with Crippen LogP contribution in [0.2, 0.25) is 0 Å². The maximum absolute atomic E-state index is 13.0. The molecule has 0 aliphatic carbocycles. The summed E-state index contributed by atoms with van der Waals surface area (Å²) in [4.78, 5) is 29.1. The predicted molar refractivity (Wildman–Crippen MR) is 97.2 cm³/mol. The Morgan fingerprint density at radius 1 is 1.15 bits per heavy atom. The van der Waals surface area contributed by atoms with Gasteiger partial charge in [0.25, 0.3) is 11.7 Å². The fourth-order valence-corrected chi connectivity index (χ4v) is 2.99. The van der Waals surface area contributed by atoms with Crippen molar-refractivity contribution < 1.29 is 14.5 Å². The number of unbranched alkanes of at least 4 members (excludes halogenated alkanes) is 3. The first-order chi connectivity index (χ1) is 12.6. The monoisotopic (exact) mass is 355 g/mol. The second-order valence-electron chi connectivity index (χ2n) is 6.21. The highest BCUT2D eigenvalue weighted by Crippen LogP contribution is 2.38. The van der Waals surface area contributed by atoms with Crippen molar-refractivity contribution in [3.63, 3.8) is 0 Å². The zero-order valence-electron chi connectivity index (χ0n) is 14.6. The second kappa shape index (κ2) is 7.95. The van der Waals surface area contributed by atoms with Crippen LogP contribution in [0.15, 0.2) is 42.5 Å². The highest BCUT2D eigenvalue weighted by Gasteiger charge is 2.39. The lowest BCUT2D eigenvalue weighted by Crippen LogP contribution is -2.42. The van der Waals surface area contributed by atoms with Gasteiger partial charge in [0.1, 0.15) is 0 Å². The lowest BCUT2D eigenvalue weighted by molar-refractivity contribution is -0.389. The lowest BCUT2D eigenvalue weighted by Gasteiger charge is -2.31. The maximum atomic E-state index is 13.0. The topological polar surface area (TPSA) is 85.6 Å². The molecule has 1 aliphatic rings. The van der Waals surface area contributed by atoms with Crippen LogP contribution in [0, 0.1) is 10.1 Å². The first-order valence-electron chi connectivity index (χ1n) is 8.80. The van der Waals surface area contributed by atoms with Gasteiger partial charge in [-0.2, -0.15) is 0 Å². The first kappa shape index (κ1) is 17.8. The molecule has 1 amide bonds. The molecule has 0 spiro atoms. The van der Waals surface area contributed by atoms with Crippen LogP contribution in [-0.2, 0) is 4.79 Å². The molecular formula is C19H21N3O4. The van der Waals surface area contributed by atoms with Crippen molar-refractivity contribution in [2.45, 2.75) is 38.7 Å². The molecule has 1 aliphatic heterocycles. The maximum Gasteiger partial charge on any atom is 0.366 e. The van der Waals surface area contributed by atoms with Crippen LogP contribution in [0.25, 0.3) is 0 Å². The largest absolute Gasteiger partial charge is 0.469 e. The molecule has 26 heavy (non-hydrogen) atoms. The number of carbonyl (C=O) groups is 1. The summed E-state index contributed by atoms with van der Waals surface area (Å²) in [5.41, 5.74) is 0.750. The quantitative estimate of drug-likeness (QED) is 0.425. The van der Waals surface area contributed by atoms with Gasteiger partial charge in [0.05, 0.1) is 0 Å². The Labute approximate surface area is 151 Å². The molecule has 7 nitrogen and oxygen atoms in total. The van der Waals surface area contributed by atoms with E-state index in [2.05, 4.69) is 11.9 Å². The summed E-state index contributed by atoms with van der Waals surface area (Å²) in [6.45, 7) is 2.58. The van der Waals surface area contributed by atoms with Gasteiger partial charge < -0.3 is 14.9 Å². The van der Waals surface area contributed by atoms with Gasteiger partial charge in [0.2, 0.25) is 6.10 Å². The van der Waals surface area contributed by atoms with Gasteiger partial charge in [-0.05, 0) is 22.4 Å².